The number of carbonyl (C=O) groups excluding carboxylic acids is 13. The first-order valence-electron chi connectivity index (χ1n) is 36.4. The lowest BCUT2D eigenvalue weighted by Crippen LogP contribution is -2.60. The summed E-state index contributed by atoms with van der Waals surface area (Å²) in [5.41, 5.74) is 23.7. The highest BCUT2D eigenvalue weighted by Crippen LogP contribution is 2.25. The second kappa shape index (κ2) is 49.4. The van der Waals surface area contributed by atoms with Crippen LogP contribution in [0.3, 0.4) is 0 Å². The normalized spacial score (nSPS) is 20.0. The number of primary amides is 1. The van der Waals surface area contributed by atoms with Crippen LogP contribution in [-0.4, -0.2) is 290 Å². The van der Waals surface area contributed by atoms with E-state index < -0.39 is 269 Å². The smallest absolute Gasteiger partial charge is 0.328 e. The monoisotopic (exact) mass is 1580 g/mol. The largest absolute Gasteiger partial charge is 0.481 e. The Balaban J connectivity index is 1.83. The first-order chi connectivity index (χ1) is 52.4. The van der Waals surface area contributed by atoms with Crippen molar-refractivity contribution in [3.63, 3.8) is 0 Å². The summed E-state index contributed by atoms with van der Waals surface area (Å²) < 4.78 is 11.3. The average molecular weight is 1580 g/mol. The number of aliphatic hydroxyl groups excluding tert-OH is 5. The average Bonchev–Trinajstić information content (AvgIpc) is 1.82. The van der Waals surface area contributed by atoms with Gasteiger partial charge in [0.05, 0.1) is 44.5 Å². The molecule has 18 atom stereocenters. The van der Waals surface area contributed by atoms with E-state index >= 15 is 0 Å². The van der Waals surface area contributed by atoms with Gasteiger partial charge < -0.3 is 137 Å². The van der Waals surface area contributed by atoms with Gasteiger partial charge in [0.25, 0.3) is 0 Å². The van der Waals surface area contributed by atoms with E-state index in [9.17, 15) is 118 Å². The van der Waals surface area contributed by atoms with Gasteiger partial charge in [-0.25, -0.2) is 4.79 Å². The fourth-order valence-corrected chi connectivity index (χ4v) is 11.4. The van der Waals surface area contributed by atoms with E-state index in [0.717, 1.165) is 11.8 Å². The number of nitrogens with two attached hydrogens (primary N) is 4. The van der Waals surface area contributed by atoms with Crippen molar-refractivity contribution in [1.29, 1.82) is 0 Å². The molecule has 3 rings (SSSR count). The molecule has 1 aromatic carbocycles. The van der Waals surface area contributed by atoms with E-state index in [4.69, 9.17) is 32.4 Å². The Hall–Kier alpha value is -9.92. The molecule has 111 heavy (non-hydrogen) atoms. The van der Waals surface area contributed by atoms with Crippen LogP contribution in [0.15, 0.2) is 42.5 Å². The molecule has 622 valence electrons. The van der Waals surface area contributed by atoms with Crippen LogP contribution in [0.1, 0.15) is 130 Å². The van der Waals surface area contributed by atoms with Crippen LogP contribution >= 0.6 is 0 Å². The van der Waals surface area contributed by atoms with Gasteiger partial charge in [0.2, 0.25) is 76.8 Å². The second-order valence-electron chi connectivity index (χ2n) is 27.0. The van der Waals surface area contributed by atoms with Crippen LogP contribution in [0.25, 0.3) is 0 Å². The van der Waals surface area contributed by atoms with Crippen molar-refractivity contribution >= 4 is 94.7 Å². The van der Waals surface area contributed by atoms with Gasteiger partial charge in [-0.15, -0.1) is 0 Å². The standard InChI is InChI=1S/C69H110N16O26/c1-5-35(2)55(73)67(107)77-36(3)13-11-18-49(89)80-45(29-38-14-7-6-8-15-38)65(105)82-41(20-19-39(30-71)110-69-59(99)58(98)57(97)47(34-86)111-69)61(101)75-32-50(90)78-43(22-25-53(93)94)63(103)81-42(21-24-48(72)88)62(102)76-33-52(92)85-28-12-17-46(85)66(106)83-40(16-9-10-27-70)60(100)74-31-51(91)79-44(23-26-54(95)96)64(104)84-56(37(4)87)68(108)109/h6-8,11,13-15,35-37,39-47,55-59,69,86-87,97-99H,5,9-10,12,16-34,70-71,73H2,1-4H3,(H2,72,88)(H,74,100)(H,75,101)(H,76,102)(H,77,107)(H,78,90)(H,79,91)(H,80,89)(H,81,103)(H,82,105)(H,83,106)(H,84,104)(H,93,94)(H,95,96)(H,108,109)/b13-11+/t35-,36-,37+,39+,40-,41-,42-,43-,44-,45-,46-,47+,55-,56-,57-,58-,59+,69+/m0/s1. The number of benzene rings is 1. The van der Waals surface area contributed by atoms with Crippen LogP contribution in [0.2, 0.25) is 0 Å². The number of aliphatic carboxylic acids is 3. The van der Waals surface area contributed by atoms with E-state index in [2.05, 4.69) is 53.2 Å². The molecular formula is C69H110N16O26. The van der Waals surface area contributed by atoms with Gasteiger partial charge in [-0.1, -0.05) is 62.8 Å². The Morgan fingerprint density at radius 1 is 0.604 bits per heavy atom. The maximum atomic E-state index is 14.5. The molecule has 2 saturated heterocycles. The summed E-state index contributed by atoms with van der Waals surface area (Å²) in [7, 11) is 0. The number of rotatable bonds is 51. The molecule has 0 saturated carbocycles. The highest BCUT2D eigenvalue weighted by Gasteiger charge is 2.45. The van der Waals surface area contributed by atoms with Gasteiger partial charge in [0.15, 0.2) is 12.3 Å². The van der Waals surface area contributed by atoms with Crippen LogP contribution in [0.5, 0.6) is 0 Å². The van der Waals surface area contributed by atoms with E-state index in [1.165, 1.54) is 6.08 Å². The lowest BCUT2D eigenvalue weighted by atomic mass is 9.99. The van der Waals surface area contributed by atoms with Crippen molar-refractivity contribution in [3.05, 3.63) is 48.0 Å². The van der Waals surface area contributed by atoms with Crippen LogP contribution in [0.4, 0.5) is 0 Å². The van der Waals surface area contributed by atoms with Crippen molar-refractivity contribution in [2.75, 3.05) is 45.9 Å². The van der Waals surface area contributed by atoms with Gasteiger partial charge in [0, 0.05) is 51.2 Å². The third-order valence-electron chi connectivity index (χ3n) is 18.1. The molecule has 0 spiro atoms. The maximum Gasteiger partial charge on any atom is 0.328 e. The predicted molar refractivity (Wildman–Crippen MR) is 388 cm³/mol. The Kier molecular flexibility index (Phi) is 42.4. The van der Waals surface area contributed by atoms with Gasteiger partial charge in [0.1, 0.15) is 66.7 Å². The summed E-state index contributed by atoms with van der Waals surface area (Å²) in [6.45, 7) is 2.69. The molecule has 42 nitrogen and oxygen atoms in total. The summed E-state index contributed by atoms with van der Waals surface area (Å²) in [5.74, 6) is -17.0. The molecule has 0 aliphatic carbocycles. The highest BCUT2D eigenvalue weighted by atomic mass is 16.7. The molecule has 42 heteroatoms. The van der Waals surface area contributed by atoms with Gasteiger partial charge >= 0.3 is 17.9 Å². The molecule has 2 aliphatic rings. The number of hydrogen-bond donors (Lipinski definition) is 23. The molecule has 0 radical (unpaired) electrons. The van der Waals surface area contributed by atoms with E-state index in [1.807, 2.05) is 19.2 Å². The number of carboxylic acids is 3. The minimum Gasteiger partial charge on any atom is -0.481 e. The molecule has 0 aromatic heterocycles. The van der Waals surface area contributed by atoms with E-state index in [1.54, 1.807) is 43.3 Å². The zero-order valence-electron chi connectivity index (χ0n) is 62.4. The Morgan fingerprint density at radius 2 is 1.13 bits per heavy atom. The molecule has 27 N–H and O–H groups in total. The highest BCUT2D eigenvalue weighted by molar-refractivity contribution is 5.98. The minimum atomic E-state index is -1.88. The summed E-state index contributed by atoms with van der Waals surface area (Å²) in [5, 5.41) is 106. The molecular weight excluding hydrogens is 1470 g/mol. The zero-order chi connectivity index (χ0) is 83.2. The molecule has 2 heterocycles. The summed E-state index contributed by atoms with van der Waals surface area (Å²) in [6, 6.07) is -5.69. The summed E-state index contributed by atoms with van der Waals surface area (Å²) in [4.78, 5) is 212. The molecule has 13 amide bonds. The van der Waals surface area contributed by atoms with E-state index in [-0.39, 0.29) is 70.5 Å². The quantitative estimate of drug-likeness (QED) is 0.0213. The molecule has 1 aromatic rings. The van der Waals surface area contributed by atoms with Crippen molar-refractivity contribution in [2.45, 2.75) is 234 Å². The first-order valence-corrected chi connectivity index (χ1v) is 36.4. The predicted octanol–water partition coefficient (Wildman–Crippen LogP) is -8.70. The Bertz CT molecular complexity index is 3340. The number of amides is 13. The van der Waals surface area contributed by atoms with E-state index in [0.29, 0.717) is 18.4 Å². The molecule has 0 unspecified atom stereocenters. The van der Waals surface area contributed by atoms with Gasteiger partial charge in [-0.3, -0.25) is 71.9 Å². The summed E-state index contributed by atoms with van der Waals surface area (Å²) in [6.07, 6.45) is -11.7. The second-order valence-corrected chi connectivity index (χ2v) is 27.0. The third kappa shape index (κ3) is 34.1. The number of hydrogen-bond acceptors (Lipinski definition) is 26. The maximum absolute atomic E-state index is 14.5. The topological polar surface area (TPSA) is 693 Å². The molecule has 2 fully saturated rings. The number of unbranched alkanes of at least 4 members (excludes halogenated alkanes) is 1. The Labute approximate surface area is 639 Å². The number of likely N-dealkylation sites (tertiary alicyclic amines) is 1. The number of nitrogens with one attached hydrogen (secondary N) is 11. The molecule has 0 bridgehead atoms. The van der Waals surface area contributed by atoms with Crippen molar-refractivity contribution in [1.82, 2.24) is 63.4 Å². The minimum absolute atomic E-state index is 0.0444. The third-order valence-corrected chi connectivity index (χ3v) is 18.1. The number of aliphatic hydroxyl groups is 5. The Morgan fingerprint density at radius 3 is 1.65 bits per heavy atom. The lowest BCUT2D eigenvalue weighted by Gasteiger charge is -2.40. The number of carboxylic acid groups (broad SMARTS) is 3. The number of ether oxygens (including phenoxy) is 2. The zero-order valence-corrected chi connectivity index (χ0v) is 62.4. The summed E-state index contributed by atoms with van der Waals surface area (Å²) >= 11 is 0. The van der Waals surface area contributed by atoms with Crippen LogP contribution < -0.4 is 81.4 Å². The lowest BCUT2D eigenvalue weighted by molar-refractivity contribution is -0.310. The van der Waals surface area contributed by atoms with Crippen molar-refractivity contribution in [2.24, 2.45) is 28.9 Å². The number of carbonyl (C=O) groups is 16. The van der Waals surface area contributed by atoms with Gasteiger partial charge in [-0.05, 0) is 96.1 Å². The fraction of sp³-hybridized carbons (Fsp3) is 0.652. The SMILES string of the molecule is CC[C@H](C)[C@H](N)C(=O)N[C@@H](C)/C=C/CC(=O)N[C@@H](Cc1ccccc1)C(=O)N[C@@H](CC[C@H](CN)O[C@@H]1O[C@H](CO)[C@H](O)[C@H](O)[C@H]1O)C(=O)NCC(=O)N[C@@H](CCC(=O)O)C(=O)N[C@@H](CCC(N)=O)C(=O)NCC(=O)N1CCC[C@H]1C(=O)N[C@@H](CCCCN)C(=O)NCC(=O)N[C@@H](CCC(=O)O)C(=O)N[C@H](C(=O)O)[C@@H](C)O. The van der Waals surface area contributed by atoms with Crippen molar-refractivity contribution < 1.29 is 127 Å². The fourth-order valence-electron chi connectivity index (χ4n) is 11.4. The van der Waals surface area contributed by atoms with Crippen LogP contribution in [-0.2, 0) is 92.6 Å². The van der Waals surface area contributed by atoms with Crippen LogP contribution in [0, 0.1) is 5.92 Å². The first kappa shape index (κ1) is 95.3. The number of nitrogens with zero attached hydrogens (tertiary/aromatic N) is 1. The molecule has 2 aliphatic heterocycles. The van der Waals surface area contributed by atoms with Gasteiger partial charge in [-0.2, -0.15) is 0 Å². The van der Waals surface area contributed by atoms with Crippen molar-refractivity contribution in [3.8, 4) is 0 Å².